The molecule has 2 N–H and O–H groups in total. The molecule has 1 aromatic rings. The van der Waals surface area contributed by atoms with Crippen molar-refractivity contribution < 1.29 is 0 Å². The van der Waals surface area contributed by atoms with E-state index in [4.69, 9.17) is 28.9 Å². The maximum absolute atomic E-state index is 6.29. The van der Waals surface area contributed by atoms with Gasteiger partial charge in [0, 0.05) is 16.1 Å². The number of nitrogens with two attached hydrogens (primary N) is 1. The summed E-state index contributed by atoms with van der Waals surface area (Å²) < 4.78 is 0. The zero-order valence-corrected chi connectivity index (χ0v) is 12.9. The van der Waals surface area contributed by atoms with Crippen LogP contribution in [0.5, 0.6) is 0 Å². The summed E-state index contributed by atoms with van der Waals surface area (Å²) >= 11 is 12.2. The molecule has 1 unspecified atom stereocenters. The summed E-state index contributed by atoms with van der Waals surface area (Å²) in [5, 5.41) is 1.46. The van der Waals surface area contributed by atoms with Crippen molar-refractivity contribution in [3.05, 3.63) is 33.8 Å². The molecule has 1 fully saturated rings. The predicted molar refractivity (Wildman–Crippen MR) is 82.8 cm³/mol. The zero-order chi connectivity index (χ0) is 13.8. The fourth-order valence-electron chi connectivity index (χ4n) is 2.90. The Morgan fingerprint density at radius 1 is 1.32 bits per heavy atom. The van der Waals surface area contributed by atoms with Gasteiger partial charge in [-0.2, -0.15) is 0 Å². The van der Waals surface area contributed by atoms with E-state index in [2.05, 4.69) is 11.8 Å². The van der Waals surface area contributed by atoms with Gasteiger partial charge in [0.1, 0.15) is 0 Å². The van der Waals surface area contributed by atoms with Gasteiger partial charge < -0.3 is 5.73 Å². The number of likely N-dealkylation sites (tertiary alicyclic amines) is 1. The summed E-state index contributed by atoms with van der Waals surface area (Å²) in [6, 6.07) is 6.14. The molecule has 1 atom stereocenters. The fourth-order valence-corrected chi connectivity index (χ4v) is 3.47. The Hall–Kier alpha value is -0.280. The molecule has 19 heavy (non-hydrogen) atoms. The standard InChI is InChI=1S/C15H22Cl2N2/c1-11(14-3-2-13(16)10-15(14)17)19-8-5-12(4-7-18)6-9-19/h2-3,10-12H,4-9,18H2,1H3. The van der Waals surface area contributed by atoms with Crippen molar-refractivity contribution in [2.24, 2.45) is 11.7 Å². The lowest BCUT2D eigenvalue weighted by Gasteiger charge is -2.36. The summed E-state index contributed by atoms with van der Waals surface area (Å²) in [6.07, 6.45) is 3.64. The first-order valence-electron chi connectivity index (χ1n) is 7.01. The van der Waals surface area contributed by atoms with Crippen LogP contribution in [0.15, 0.2) is 18.2 Å². The van der Waals surface area contributed by atoms with E-state index in [-0.39, 0.29) is 0 Å². The van der Waals surface area contributed by atoms with E-state index in [9.17, 15) is 0 Å². The Morgan fingerprint density at radius 2 is 2.00 bits per heavy atom. The van der Waals surface area contributed by atoms with Gasteiger partial charge >= 0.3 is 0 Å². The normalized spacial score (nSPS) is 19.6. The number of benzene rings is 1. The summed E-state index contributed by atoms with van der Waals surface area (Å²) in [5.41, 5.74) is 6.81. The van der Waals surface area contributed by atoms with E-state index < -0.39 is 0 Å². The van der Waals surface area contributed by atoms with Crippen LogP contribution in [-0.4, -0.2) is 24.5 Å². The first-order valence-corrected chi connectivity index (χ1v) is 7.76. The molecule has 1 heterocycles. The molecule has 1 aliphatic heterocycles. The van der Waals surface area contributed by atoms with Crippen molar-refractivity contribution in [1.82, 2.24) is 4.90 Å². The van der Waals surface area contributed by atoms with Crippen LogP contribution in [0.2, 0.25) is 10.0 Å². The van der Waals surface area contributed by atoms with Gasteiger partial charge in [-0.05, 0) is 69.4 Å². The van der Waals surface area contributed by atoms with Gasteiger partial charge in [-0.15, -0.1) is 0 Å². The van der Waals surface area contributed by atoms with E-state index >= 15 is 0 Å². The van der Waals surface area contributed by atoms with Crippen molar-refractivity contribution in [3.63, 3.8) is 0 Å². The highest BCUT2D eigenvalue weighted by Gasteiger charge is 2.24. The van der Waals surface area contributed by atoms with Crippen LogP contribution in [0.3, 0.4) is 0 Å². The molecule has 106 valence electrons. The maximum atomic E-state index is 6.29. The number of rotatable bonds is 4. The Bertz CT molecular complexity index is 415. The predicted octanol–water partition coefficient (Wildman–Crippen LogP) is 4.12. The van der Waals surface area contributed by atoms with Crippen LogP contribution in [-0.2, 0) is 0 Å². The van der Waals surface area contributed by atoms with Crippen molar-refractivity contribution in [3.8, 4) is 0 Å². The van der Waals surface area contributed by atoms with Gasteiger partial charge in [0.05, 0.1) is 0 Å². The maximum Gasteiger partial charge on any atom is 0.0468 e. The second-order valence-electron chi connectivity index (χ2n) is 5.40. The molecular weight excluding hydrogens is 279 g/mol. The first-order chi connectivity index (χ1) is 9.11. The first kappa shape index (κ1) is 15.1. The van der Waals surface area contributed by atoms with E-state index in [0.29, 0.717) is 11.1 Å². The Morgan fingerprint density at radius 3 is 2.58 bits per heavy atom. The Kier molecular flexibility index (Phi) is 5.52. The van der Waals surface area contributed by atoms with Crippen LogP contribution in [0.4, 0.5) is 0 Å². The average molecular weight is 301 g/mol. The molecule has 2 nitrogen and oxygen atoms in total. The van der Waals surface area contributed by atoms with Crippen LogP contribution in [0, 0.1) is 5.92 Å². The van der Waals surface area contributed by atoms with E-state index in [1.165, 1.54) is 18.4 Å². The highest BCUT2D eigenvalue weighted by Crippen LogP contribution is 2.32. The number of halogens is 2. The van der Waals surface area contributed by atoms with E-state index in [1.807, 2.05) is 18.2 Å². The molecule has 0 saturated carbocycles. The zero-order valence-electron chi connectivity index (χ0n) is 11.4. The van der Waals surface area contributed by atoms with Gasteiger partial charge in [-0.25, -0.2) is 0 Å². The third-order valence-corrected chi connectivity index (χ3v) is 4.75. The summed E-state index contributed by atoms with van der Waals surface area (Å²) in [5.74, 6) is 0.800. The summed E-state index contributed by atoms with van der Waals surface area (Å²) in [4.78, 5) is 2.50. The highest BCUT2D eigenvalue weighted by atomic mass is 35.5. The van der Waals surface area contributed by atoms with Crippen molar-refractivity contribution in [2.45, 2.75) is 32.2 Å². The largest absolute Gasteiger partial charge is 0.330 e. The van der Waals surface area contributed by atoms with Gasteiger partial charge in [-0.3, -0.25) is 4.90 Å². The molecule has 0 aliphatic carbocycles. The molecule has 1 saturated heterocycles. The summed E-state index contributed by atoms with van der Waals surface area (Å²) in [7, 11) is 0. The number of nitrogens with zero attached hydrogens (tertiary/aromatic N) is 1. The lowest BCUT2D eigenvalue weighted by Crippen LogP contribution is -2.36. The minimum Gasteiger partial charge on any atom is -0.330 e. The smallest absolute Gasteiger partial charge is 0.0468 e. The molecule has 0 aromatic heterocycles. The Labute approximate surface area is 125 Å². The quantitative estimate of drug-likeness (QED) is 0.906. The lowest BCUT2D eigenvalue weighted by atomic mass is 9.92. The number of hydrogen-bond acceptors (Lipinski definition) is 2. The van der Waals surface area contributed by atoms with Gasteiger partial charge in [-0.1, -0.05) is 29.3 Å². The van der Waals surface area contributed by atoms with Crippen LogP contribution in [0.1, 0.15) is 37.8 Å². The molecule has 2 rings (SSSR count). The van der Waals surface area contributed by atoms with Crippen LogP contribution in [0.25, 0.3) is 0 Å². The molecule has 4 heteroatoms. The SMILES string of the molecule is CC(c1ccc(Cl)cc1Cl)N1CCC(CCN)CC1. The molecule has 0 spiro atoms. The molecule has 0 amide bonds. The van der Waals surface area contributed by atoms with Crippen molar-refractivity contribution in [2.75, 3.05) is 19.6 Å². The van der Waals surface area contributed by atoms with Crippen LogP contribution < -0.4 is 5.73 Å². The minimum atomic E-state index is 0.351. The molecular formula is C15H22Cl2N2. The van der Waals surface area contributed by atoms with Crippen LogP contribution >= 0.6 is 23.2 Å². The van der Waals surface area contributed by atoms with Crippen molar-refractivity contribution in [1.29, 1.82) is 0 Å². The van der Waals surface area contributed by atoms with Gasteiger partial charge in [0.15, 0.2) is 0 Å². The molecule has 1 aliphatic rings. The second-order valence-corrected chi connectivity index (χ2v) is 6.24. The minimum absolute atomic E-state index is 0.351. The Balaban J connectivity index is 1.99. The second kappa shape index (κ2) is 6.94. The van der Waals surface area contributed by atoms with Crippen molar-refractivity contribution >= 4 is 23.2 Å². The molecule has 1 aromatic carbocycles. The van der Waals surface area contributed by atoms with E-state index in [0.717, 1.165) is 37.0 Å². The monoisotopic (exact) mass is 300 g/mol. The topological polar surface area (TPSA) is 29.3 Å². The highest BCUT2D eigenvalue weighted by molar-refractivity contribution is 6.35. The van der Waals surface area contributed by atoms with Gasteiger partial charge in [0.2, 0.25) is 0 Å². The van der Waals surface area contributed by atoms with Gasteiger partial charge in [0.25, 0.3) is 0 Å². The third kappa shape index (κ3) is 3.85. The fraction of sp³-hybridized carbons (Fsp3) is 0.600. The van der Waals surface area contributed by atoms with E-state index in [1.54, 1.807) is 0 Å². The molecule has 0 radical (unpaired) electrons. The number of hydrogen-bond donors (Lipinski definition) is 1. The average Bonchev–Trinajstić information content (AvgIpc) is 2.39. The lowest BCUT2D eigenvalue weighted by molar-refractivity contribution is 0.138. The number of piperidine rings is 1. The molecule has 0 bridgehead atoms. The third-order valence-electron chi connectivity index (χ3n) is 4.18. The summed E-state index contributed by atoms with van der Waals surface area (Å²) in [6.45, 7) is 5.29.